The Morgan fingerprint density at radius 1 is 0.881 bits per heavy atom. The molecular weight excluding hydrogens is 563 g/mol. The van der Waals surface area contributed by atoms with Crippen molar-refractivity contribution in [3.63, 3.8) is 0 Å². The summed E-state index contributed by atoms with van der Waals surface area (Å²) in [6.07, 6.45) is 10.3. The number of unbranched alkanes of at least 4 members (excludes halogenated alkanes) is 2. The van der Waals surface area contributed by atoms with Crippen molar-refractivity contribution in [2.24, 2.45) is 0 Å². The lowest BCUT2D eigenvalue weighted by Gasteiger charge is -2.27. The molecule has 0 atom stereocenters. The molecule has 5 nitrogen and oxygen atoms in total. The number of nitrogens with zero attached hydrogens (tertiary/aromatic N) is 4. The van der Waals surface area contributed by atoms with Gasteiger partial charge in [-0.15, -0.1) is 0 Å². The van der Waals surface area contributed by atoms with Crippen LogP contribution >= 0.6 is 23.2 Å². The molecule has 3 aromatic carbocycles. The number of hydrogen-bond donors (Lipinski definition) is 0. The summed E-state index contributed by atoms with van der Waals surface area (Å²) < 4.78 is 2.29. The summed E-state index contributed by atoms with van der Waals surface area (Å²) in [7, 11) is 0. The number of fused-ring (bicyclic) bond motifs is 1. The highest BCUT2D eigenvalue weighted by Crippen LogP contribution is 2.26. The monoisotopic (exact) mass is 602 g/mol. The zero-order valence-electron chi connectivity index (χ0n) is 24.4. The van der Waals surface area contributed by atoms with Crippen LogP contribution in [0, 0.1) is 0 Å². The second kappa shape index (κ2) is 14.9. The Labute approximate surface area is 259 Å². The van der Waals surface area contributed by atoms with Crippen molar-refractivity contribution >= 4 is 46.2 Å². The van der Waals surface area contributed by atoms with Crippen molar-refractivity contribution < 1.29 is 4.79 Å². The number of halogens is 2. The molecule has 0 aliphatic carbocycles. The number of carbonyl (C=O) groups excluding carboxylic acids is 1. The molecule has 7 heteroatoms. The van der Waals surface area contributed by atoms with Gasteiger partial charge in [0, 0.05) is 41.3 Å². The van der Waals surface area contributed by atoms with Gasteiger partial charge in [0.15, 0.2) is 0 Å². The highest BCUT2D eigenvalue weighted by Gasteiger charge is 2.19. The van der Waals surface area contributed by atoms with Crippen molar-refractivity contribution in [2.75, 3.05) is 19.6 Å². The summed E-state index contributed by atoms with van der Waals surface area (Å²) >= 11 is 12.7. The van der Waals surface area contributed by atoms with Gasteiger partial charge in [0.25, 0.3) is 0 Å². The van der Waals surface area contributed by atoms with Crippen LogP contribution in [-0.4, -0.2) is 44.9 Å². The topological polar surface area (TPSA) is 41.4 Å². The van der Waals surface area contributed by atoms with Crippen molar-refractivity contribution in [1.29, 1.82) is 0 Å². The van der Waals surface area contributed by atoms with Crippen LogP contribution in [0.25, 0.3) is 17.1 Å². The molecule has 1 aliphatic rings. The summed E-state index contributed by atoms with van der Waals surface area (Å²) in [5.41, 5.74) is 5.34. The number of rotatable bonds is 12. The van der Waals surface area contributed by atoms with Crippen LogP contribution in [0.1, 0.15) is 68.0 Å². The van der Waals surface area contributed by atoms with Crippen LogP contribution in [0.5, 0.6) is 0 Å². The van der Waals surface area contributed by atoms with E-state index in [1.807, 2.05) is 11.0 Å². The molecule has 0 spiro atoms. The smallest absolute Gasteiger partial charge is 0.246 e. The molecule has 42 heavy (non-hydrogen) atoms. The first-order valence-corrected chi connectivity index (χ1v) is 15.9. The quantitative estimate of drug-likeness (QED) is 0.120. The Morgan fingerprint density at radius 3 is 2.31 bits per heavy atom. The first kappa shape index (κ1) is 30.3. The van der Waals surface area contributed by atoms with Crippen LogP contribution in [0.3, 0.4) is 0 Å². The number of benzene rings is 3. The minimum absolute atomic E-state index is 0.0776. The standard InChI is InChI=1S/C35H40Cl2N4O/c1-2-3-9-23-40(35(42)20-19-29-30(36)15-12-16-31(29)37)26-34-38-32-17-7-8-18-33(32)41(34)25-28-14-6-5-13-27(28)24-39-21-10-4-11-22-39/h5-8,12-20H,2-4,9-11,21-26H2,1H3/b20-19+. The first-order valence-electron chi connectivity index (χ1n) is 15.2. The van der Waals surface area contributed by atoms with Gasteiger partial charge >= 0.3 is 0 Å². The fourth-order valence-corrected chi connectivity index (χ4v) is 6.26. The Hall–Kier alpha value is -3.12. The molecule has 2 heterocycles. The number of hydrogen-bond acceptors (Lipinski definition) is 3. The van der Waals surface area contributed by atoms with Gasteiger partial charge in [0.05, 0.1) is 17.6 Å². The molecule has 0 bridgehead atoms. The maximum atomic E-state index is 13.6. The lowest BCUT2D eigenvalue weighted by atomic mass is 10.0. The second-order valence-corrected chi connectivity index (χ2v) is 12.0. The van der Waals surface area contributed by atoms with Crippen molar-refractivity contribution in [3.05, 3.63) is 105 Å². The normalized spacial score (nSPS) is 14.2. The summed E-state index contributed by atoms with van der Waals surface area (Å²) in [6.45, 7) is 7.25. The predicted octanol–water partition coefficient (Wildman–Crippen LogP) is 8.61. The van der Waals surface area contributed by atoms with E-state index >= 15 is 0 Å². The third-order valence-electron chi connectivity index (χ3n) is 8.09. The number of amides is 1. The summed E-state index contributed by atoms with van der Waals surface area (Å²) in [5, 5.41) is 1.04. The fourth-order valence-electron chi connectivity index (χ4n) is 5.74. The van der Waals surface area contributed by atoms with Crippen LogP contribution < -0.4 is 0 Å². The minimum Gasteiger partial charge on any atom is -0.332 e. The summed E-state index contributed by atoms with van der Waals surface area (Å²) in [4.78, 5) is 23.1. The van der Waals surface area contributed by atoms with Gasteiger partial charge in [-0.3, -0.25) is 9.69 Å². The van der Waals surface area contributed by atoms with Gasteiger partial charge in [0.1, 0.15) is 5.82 Å². The largest absolute Gasteiger partial charge is 0.332 e. The number of imidazole rings is 1. The molecular formula is C35H40Cl2N4O. The van der Waals surface area contributed by atoms with E-state index in [2.05, 4.69) is 58.9 Å². The number of aromatic nitrogens is 2. The Bertz CT molecular complexity index is 1500. The van der Waals surface area contributed by atoms with Crippen LogP contribution in [0.2, 0.25) is 10.0 Å². The Kier molecular flexibility index (Phi) is 10.7. The zero-order valence-corrected chi connectivity index (χ0v) is 26.0. The molecule has 1 fully saturated rings. The van der Waals surface area contributed by atoms with Gasteiger partial charge in [-0.2, -0.15) is 0 Å². The maximum absolute atomic E-state index is 13.6. The van der Waals surface area contributed by atoms with Gasteiger partial charge in [0.2, 0.25) is 5.91 Å². The third kappa shape index (κ3) is 7.63. The number of para-hydroxylation sites is 2. The molecule has 0 unspecified atom stereocenters. The molecule has 0 radical (unpaired) electrons. The minimum atomic E-state index is -0.0776. The lowest BCUT2D eigenvalue weighted by Crippen LogP contribution is -2.31. The fraction of sp³-hybridized carbons (Fsp3) is 0.371. The van der Waals surface area contributed by atoms with Crippen LogP contribution in [0.4, 0.5) is 0 Å². The number of likely N-dealkylation sites (tertiary alicyclic amines) is 1. The predicted molar refractivity (Wildman–Crippen MR) is 175 cm³/mol. The van der Waals surface area contributed by atoms with Gasteiger partial charge in [-0.25, -0.2) is 4.98 Å². The molecule has 5 rings (SSSR count). The Morgan fingerprint density at radius 2 is 1.57 bits per heavy atom. The third-order valence-corrected chi connectivity index (χ3v) is 8.75. The SMILES string of the molecule is CCCCCN(Cc1nc2ccccc2n1Cc1ccccc1CN1CCCCC1)C(=O)/C=C/c1c(Cl)cccc1Cl. The van der Waals surface area contributed by atoms with E-state index < -0.39 is 0 Å². The molecule has 1 aromatic heterocycles. The maximum Gasteiger partial charge on any atom is 0.246 e. The van der Waals surface area contributed by atoms with E-state index in [0.29, 0.717) is 35.2 Å². The molecule has 4 aromatic rings. The molecule has 1 saturated heterocycles. The van der Waals surface area contributed by atoms with E-state index in [0.717, 1.165) is 55.8 Å². The van der Waals surface area contributed by atoms with Crippen LogP contribution in [-0.2, 0) is 24.4 Å². The first-order chi connectivity index (χ1) is 20.5. The average Bonchev–Trinajstić information content (AvgIpc) is 3.34. The summed E-state index contributed by atoms with van der Waals surface area (Å²) in [6, 6.07) is 22.4. The van der Waals surface area contributed by atoms with E-state index in [1.54, 1.807) is 30.4 Å². The molecule has 1 amide bonds. The van der Waals surface area contributed by atoms with Crippen molar-refractivity contribution in [1.82, 2.24) is 19.4 Å². The second-order valence-electron chi connectivity index (χ2n) is 11.1. The zero-order chi connectivity index (χ0) is 29.3. The number of piperidine rings is 1. The van der Waals surface area contributed by atoms with Crippen molar-refractivity contribution in [2.45, 2.75) is 65.1 Å². The van der Waals surface area contributed by atoms with Gasteiger partial charge in [-0.1, -0.05) is 91.9 Å². The number of carbonyl (C=O) groups is 1. The van der Waals surface area contributed by atoms with E-state index in [-0.39, 0.29) is 5.91 Å². The van der Waals surface area contributed by atoms with E-state index in [4.69, 9.17) is 28.2 Å². The molecule has 220 valence electrons. The van der Waals surface area contributed by atoms with E-state index in [9.17, 15) is 4.79 Å². The van der Waals surface area contributed by atoms with E-state index in [1.165, 1.54) is 30.4 Å². The van der Waals surface area contributed by atoms with Crippen molar-refractivity contribution in [3.8, 4) is 0 Å². The summed E-state index contributed by atoms with van der Waals surface area (Å²) in [5.74, 6) is 0.809. The highest BCUT2D eigenvalue weighted by molar-refractivity contribution is 6.37. The Balaban J connectivity index is 1.44. The molecule has 0 N–H and O–H groups in total. The molecule has 1 aliphatic heterocycles. The van der Waals surface area contributed by atoms with Gasteiger partial charge < -0.3 is 9.47 Å². The van der Waals surface area contributed by atoms with Gasteiger partial charge in [-0.05, 0) is 73.8 Å². The molecule has 0 saturated carbocycles. The lowest BCUT2D eigenvalue weighted by molar-refractivity contribution is -0.126. The average molecular weight is 604 g/mol. The van der Waals surface area contributed by atoms with Crippen LogP contribution in [0.15, 0.2) is 72.8 Å². The highest BCUT2D eigenvalue weighted by atomic mass is 35.5.